The van der Waals surface area contributed by atoms with Crippen molar-refractivity contribution in [2.24, 2.45) is 5.92 Å². The highest BCUT2D eigenvalue weighted by molar-refractivity contribution is 7.89. The van der Waals surface area contributed by atoms with E-state index in [1.165, 1.54) is 28.8 Å². The van der Waals surface area contributed by atoms with Crippen molar-refractivity contribution in [1.82, 2.24) is 14.3 Å². The maximum Gasteiger partial charge on any atom is 0.289 e. The van der Waals surface area contributed by atoms with Crippen molar-refractivity contribution in [3.05, 3.63) is 92.8 Å². The summed E-state index contributed by atoms with van der Waals surface area (Å²) in [5, 5.41) is 24.6. The topological polar surface area (TPSA) is 190 Å². The molecule has 6 rings (SSSR count). The molecule has 1 amide bonds. The smallest absolute Gasteiger partial charge is 0.289 e. The molecule has 15 heteroatoms. The van der Waals surface area contributed by atoms with Crippen molar-refractivity contribution in [3.63, 3.8) is 0 Å². The number of nitriles is 1. The molecule has 1 aliphatic heterocycles. The number of ether oxygens (including phenoxy) is 1. The number of rotatable bonds is 9. The fourth-order valence-electron chi connectivity index (χ4n) is 6.35. The third-order valence-corrected chi connectivity index (χ3v) is 10.4. The number of benzene rings is 2. The Labute approximate surface area is 269 Å². The first-order valence-corrected chi connectivity index (χ1v) is 16.5. The molecule has 0 bridgehead atoms. The van der Waals surface area contributed by atoms with Gasteiger partial charge in [0, 0.05) is 37.8 Å². The molecule has 0 radical (unpaired) electrons. The molecule has 1 fully saturated rings. The zero-order valence-corrected chi connectivity index (χ0v) is 26.1. The molecule has 47 heavy (non-hydrogen) atoms. The van der Waals surface area contributed by atoms with E-state index in [2.05, 4.69) is 21.1 Å². The standard InChI is InChI=1S/C32H31N7O7S/c1-37(29-14-13-27-32(34-29)35-30(40)19-46-27)23-11-8-21(9-12-23)24(36-47(44,45)28-5-3-2-4-25(28)39(42)43)18-38-26-16-20(17-33)6-7-22(26)10-15-31(38)41/h2-7,10,13-16,21,23-24,36H,8-9,11-12,18-19H2,1H3,(H,34,35,40). The number of sulfonamides is 1. The average molecular weight is 658 g/mol. The third kappa shape index (κ3) is 6.51. The number of hydrogen-bond donors (Lipinski definition) is 2. The van der Waals surface area contributed by atoms with Crippen molar-refractivity contribution in [2.75, 3.05) is 23.9 Å². The first-order valence-electron chi connectivity index (χ1n) is 15.0. The maximum atomic E-state index is 13.7. The van der Waals surface area contributed by atoms with Gasteiger partial charge in [-0.1, -0.05) is 18.2 Å². The van der Waals surface area contributed by atoms with Crippen molar-refractivity contribution in [1.29, 1.82) is 5.26 Å². The van der Waals surface area contributed by atoms with E-state index < -0.39 is 31.6 Å². The second kappa shape index (κ2) is 12.8. The number of amides is 1. The summed E-state index contributed by atoms with van der Waals surface area (Å²) in [5.74, 6) is 0.965. The highest BCUT2D eigenvalue weighted by Gasteiger charge is 2.35. The maximum absolute atomic E-state index is 13.7. The number of carbonyl (C=O) groups is 1. The fourth-order valence-corrected chi connectivity index (χ4v) is 7.82. The van der Waals surface area contributed by atoms with E-state index >= 15 is 0 Å². The Bertz CT molecular complexity index is 2090. The monoisotopic (exact) mass is 657 g/mol. The van der Waals surface area contributed by atoms with Gasteiger partial charge in [-0.25, -0.2) is 18.1 Å². The molecule has 14 nitrogen and oxygen atoms in total. The van der Waals surface area contributed by atoms with E-state index in [9.17, 15) is 33.4 Å². The van der Waals surface area contributed by atoms with Gasteiger partial charge in [0.05, 0.1) is 22.1 Å². The van der Waals surface area contributed by atoms with Crippen LogP contribution in [0.2, 0.25) is 0 Å². The van der Waals surface area contributed by atoms with E-state index in [-0.39, 0.29) is 36.6 Å². The lowest BCUT2D eigenvalue weighted by molar-refractivity contribution is -0.387. The minimum atomic E-state index is -4.40. The predicted molar refractivity (Wildman–Crippen MR) is 173 cm³/mol. The van der Waals surface area contributed by atoms with Crippen molar-refractivity contribution in [3.8, 4) is 11.8 Å². The highest BCUT2D eigenvalue weighted by Crippen LogP contribution is 2.35. The summed E-state index contributed by atoms with van der Waals surface area (Å²) in [4.78, 5) is 42.1. The second-order valence-corrected chi connectivity index (χ2v) is 13.3. The lowest BCUT2D eigenvalue weighted by Gasteiger charge is -2.38. The summed E-state index contributed by atoms with van der Waals surface area (Å²) in [6.45, 7) is -0.122. The molecular formula is C32H31N7O7S. The molecule has 3 heterocycles. The molecule has 1 atom stereocenters. The minimum Gasteiger partial charge on any atom is -0.480 e. The van der Waals surface area contributed by atoms with E-state index in [4.69, 9.17) is 4.74 Å². The van der Waals surface area contributed by atoms with Gasteiger partial charge in [0.2, 0.25) is 10.0 Å². The summed E-state index contributed by atoms with van der Waals surface area (Å²) in [5.41, 5.74) is -0.0940. The Morgan fingerprint density at radius 2 is 1.87 bits per heavy atom. The van der Waals surface area contributed by atoms with Gasteiger partial charge >= 0.3 is 0 Å². The molecule has 2 N–H and O–H groups in total. The van der Waals surface area contributed by atoms with Crippen LogP contribution in [0.5, 0.6) is 5.75 Å². The van der Waals surface area contributed by atoms with Crippen LogP contribution in [0.1, 0.15) is 31.2 Å². The van der Waals surface area contributed by atoms with E-state index in [1.54, 1.807) is 30.3 Å². The Morgan fingerprint density at radius 3 is 2.62 bits per heavy atom. The number of hydrogen-bond acceptors (Lipinski definition) is 10. The third-order valence-electron chi connectivity index (χ3n) is 8.84. The number of pyridine rings is 2. The highest BCUT2D eigenvalue weighted by atomic mass is 32.2. The predicted octanol–water partition coefficient (Wildman–Crippen LogP) is 3.55. The quantitative estimate of drug-likeness (QED) is 0.199. The average Bonchev–Trinajstić information content (AvgIpc) is 3.08. The number of para-hydroxylation sites is 1. The van der Waals surface area contributed by atoms with Gasteiger partial charge < -0.3 is 19.5 Å². The second-order valence-electron chi connectivity index (χ2n) is 11.7. The molecule has 242 valence electrons. The number of nitrogens with one attached hydrogen (secondary N) is 2. The first-order chi connectivity index (χ1) is 22.5. The molecule has 0 saturated heterocycles. The van der Waals surface area contributed by atoms with Gasteiger partial charge in [0.25, 0.3) is 17.2 Å². The number of nitro benzene ring substituents is 1. The van der Waals surface area contributed by atoms with Crippen LogP contribution in [0, 0.1) is 27.4 Å². The minimum absolute atomic E-state index is 0.0444. The number of aromatic nitrogens is 2. The Balaban J connectivity index is 1.29. The zero-order chi connectivity index (χ0) is 33.3. The van der Waals surface area contributed by atoms with Crippen LogP contribution in [0.3, 0.4) is 0 Å². The van der Waals surface area contributed by atoms with Crippen LogP contribution in [-0.4, -0.2) is 54.5 Å². The van der Waals surface area contributed by atoms with Crippen LogP contribution in [0.15, 0.2) is 76.4 Å². The molecule has 2 aromatic carbocycles. The first kappa shape index (κ1) is 31.6. The van der Waals surface area contributed by atoms with E-state index in [0.29, 0.717) is 59.5 Å². The van der Waals surface area contributed by atoms with Crippen LogP contribution >= 0.6 is 0 Å². The Hall–Kier alpha value is -5.33. The van der Waals surface area contributed by atoms with Crippen LogP contribution in [0.4, 0.5) is 17.3 Å². The van der Waals surface area contributed by atoms with Crippen molar-refractivity contribution >= 4 is 44.2 Å². The number of carbonyl (C=O) groups excluding carboxylic acids is 1. The SMILES string of the molecule is CN(c1ccc2c(n1)NC(=O)CO2)C1CCC(C(Cn2c(=O)ccc3ccc(C#N)cc32)NS(=O)(=O)c2ccccc2[N+](=O)[O-])CC1. The summed E-state index contributed by atoms with van der Waals surface area (Å²) in [6, 6.07) is 18.0. The van der Waals surface area contributed by atoms with Gasteiger partial charge in [0.1, 0.15) is 5.82 Å². The van der Waals surface area contributed by atoms with Crippen LogP contribution in [-0.2, 0) is 21.4 Å². The normalized spacial score (nSPS) is 18.3. The molecule has 1 saturated carbocycles. The van der Waals surface area contributed by atoms with E-state index in [0.717, 1.165) is 6.07 Å². The van der Waals surface area contributed by atoms with Crippen LogP contribution in [0.25, 0.3) is 10.9 Å². The van der Waals surface area contributed by atoms with Crippen molar-refractivity contribution in [2.45, 2.75) is 49.2 Å². The number of nitro groups is 1. The van der Waals surface area contributed by atoms with Gasteiger partial charge in [0.15, 0.2) is 23.1 Å². The molecule has 1 aliphatic carbocycles. The largest absolute Gasteiger partial charge is 0.480 e. The van der Waals surface area contributed by atoms with Gasteiger partial charge in [-0.2, -0.15) is 5.26 Å². The molecule has 2 aliphatic rings. The van der Waals surface area contributed by atoms with Crippen molar-refractivity contribution < 1.29 is 22.9 Å². The fraction of sp³-hybridized carbons (Fsp3) is 0.312. The lowest BCUT2D eigenvalue weighted by atomic mass is 9.81. The van der Waals surface area contributed by atoms with Gasteiger partial charge in [-0.3, -0.25) is 19.7 Å². The summed E-state index contributed by atoms with van der Waals surface area (Å²) in [7, 11) is -2.49. The summed E-state index contributed by atoms with van der Waals surface area (Å²) in [6.07, 6.45) is 2.48. The molecule has 4 aromatic rings. The van der Waals surface area contributed by atoms with Crippen LogP contribution < -0.4 is 25.2 Å². The zero-order valence-electron chi connectivity index (χ0n) is 25.3. The van der Waals surface area contributed by atoms with E-state index in [1.807, 2.05) is 18.0 Å². The summed E-state index contributed by atoms with van der Waals surface area (Å²) < 4.78 is 37.1. The van der Waals surface area contributed by atoms with Gasteiger partial charge in [-0.05, 0) is 73.4 Å². The molecular weight excluding hydrogens is 626 g/mol. The van der Waals surface area contributed by atoms with Gasteiger partial charge in [-0.15, -0.1) is 0 Å². The molecule has 1 unspecified atom stereocenters. The lowest BCUT2D eigenvalue weighted by Crippen LogP contribution is -2.47. The number of nitrogens with zero attached hydrogens (tertiary/aromatic N) is 5. The molecule has 2 aromatic heterocycles. The molecule has 0 spiro atoms. The Morgan fingerprint density at radius 1 is 1.13 bits per heavy atom. The summed E-state index contributed by atoms with van der Waals surface area (Å²) >= 11 is 0. The Kier molecular flexibility index (Phi) is 8.63. The number of anilines is 2. The number of fused-ring (bicyclic) bond motifs is 2.